The molecule has 6 aromatic heterocycles. The van der Waals surface area contributed by atoms with Gasteiger partial charge in [-0.3, -0.25) is 44.3 Å². The lowest BCUT2D eigenvalue weighted by atomic mass is 9.98. The summed E-state index contributed by atoms with van der Waals surface area (Å²) in [5, 5.41) is 11.1. The summed E-state index contributed by atoms with van der Waals surface area (Å²) in [6.07, 6.45) is 16.7. The lowest BCUT2D eigenvalue weighted by Gasteiger charge is -2.29. The number of fused-ring (bicyclic) bond motifs is 3. The van der Waals surface area contributed by atoms with Gasteiger partial charge in [-0.15, -0.1) is 0 Å². The van der Waals surface area contributed by atoms with Crippen LogP contribution in [0.5, 0.6) is 0 Å². The highest BCUT2D eigenvalue weighted by Gasteiger charge is 2.17. The fraction of sp³-hybridized carbons (Fsp3) is 0.189. The molecule has 0 spiro atoms. The average molecular weight is 731 g/mol. The van der Waals surface area contributed by atoms with Crippen LogP contribution in [-0.2, 0) is 9.47 Å². The van der Waals surface area contributed by atoms with Gasteiger partial charge >= 0.3 is 5.97 Å². The van der Waals surface area contributed by atoms with Crippen LogP contribution in [0.2, 0.25) is 0 Å². The van der Waals surface area contributed by atoms with Crippen molar-refractivity contribution in [2.45, 2.75) is 6.42 Å². The standard InChI is InChI=1S/C14H13N3O2.C13H14N4O2.C10H7N3O3/c15-14(18)10-5-11-12(9-1-3-19-4-2-9)7-16-8-13(11)17-6-10;14-13(18)9-5-10-11(16-6-9)7-15-8-12(10)17-1-3-19-4-2-17;11-9(14)5-1-6-7(10(15)16)3-12-4-8(6)13-2-5/h1,5-8H,2-4H2,(H2,15,18);5-8H,1-4H2,(H2,14,18);1-4H,(H2,11,14)(H,15,16). The first kappa shape index (κ1) is 36.8. The minimum atomic E-state index is -1.12. The largest absolute Gasteiger partial charge is 0.478 e. The molecule has 0 unspecified atom stereocenters. The third-order valence-corrected chi connectivity index (χ3v) is 8.55. The zero-order valence-electron chi connectivity index (χ0n) is 28.7. The number of amides is 3. The molecule has 1 saturated heterocycles. The van der Waals surface area contributed by atoms with Crippen molar-refractivity contribution < 1.29 is 33.8 Å². The van der Waals surface area contributed by atoms with E-state index in [1.54, 1.807) is 36.9 Å². The molecule has 8 rings (SSSR count). The molecule has 2 aliphatic rings. The molecule has 6 aromatic rings. The van der Waals surface area contributed by atoms with Gasteiger partial charge in [0.1, 0.15) is 0 Å². The van der Waals surface area contributed by atoms with Crippen LogP contribution in [-0.4, -0.2) is 98.2 Å². The van der Waals surface area contributed by atoms with Crippen LogP contribution in [0.25, 0.3) is 38.3 Å². The molecular weight excluding hydrogens is 696 g/mol. The number of ether oxygens (including phenoxy) is 2. The summed E-state index contributed by atoms with van der Waals surface area (Å²) in [5.41, 5.74) is 21.7. The van der Waals surface area contributed by atoms with E-state index in [4.69, 9.17) is 31.8 Å². The minimum Gasteiger partial charge on any atom is -0.478 e. The summed E-state index contributed by atoms with van der Waals surface area (Å²) >= 11 is 0. The first-order chi connectivity index (χ1) is 26.1. The highest BCUT2D eigenvalue weighted by molar-refractivity contribution is 6.05. The van der Waals surface area contributed by atoms with Gasteiger partial charge in [-0.2, -0.15) is 0 Å². The van der Waals surface area contributed by atoms with Crippen LogP contribution in [0.3, 0.4) is 0 Å². The van der Waals surface area contributed by atoms with Crippen LogP contribution < -0.4 is 22.1 Å². The second kappa shape index (κ2) is 16.6. The van der Waals surface area contributed by atoms with Crippen molar-refractivity contribution in [3.8, 4) is 0 Å². The lowest BCUT2D eigenvalue weighted by molar-refractivity contribution is 0.0697. The van der Waals surface area contributed by atoms with Crippen molar-refractivity contribution >= 4 is 67.7 Å². The van der Waals surface area contributed by atoms with E-state index in [1.165, 1.54) is 42.6 Å². The van der Waals surface area contributed by atoms with Crippen LogP contribution in [0.1, 0.15) is 53.4 Å². The van der Waals surface area contributed by atoms with Crippen molar-refractivity contribution in [3.05, 3.63) is 108 Å². The molecule has 7 N–H and O–H groups in total. The second-order valence-electron chi connectivity index (χ2n) is 12.0. The number of pyridine rings is 6. The predicted molar refractivity (Wildman–Crippen MR) is 198 cm³/mol. The zero-order valence-corrected chi connectivity index (χ0v) is 28.7. The molecule has 0 aliphatic carbocycles. The quantitative estimate of drug-likeness (QED) is 0.192. The van der Waals surface area contributed by atoms with E-state index in [2.05, 4.69) is 34.8 Å². The van der Waals surface area contributed by atoms with Crippen molar-refractivity contribution in [1.82, 2.24) is 29.9 Å². The Morgan fingerprint density at radius 2 is 1.13 bits per heavy atom. The number of primary amides is 3. The molecule has 0 radical (unpaired) electrons. The Morgan fingerprint density at radius 3 is 1.69 bits per heavy atom. The number of carboxylic acids is 1. The van der Waals surface area contributed by atoms with Crippen molar-refractivity contribution in [2.24, 2.45) is 17.2 Å². The van der Waals surface area contributed by atoms with E-state index < -0.39 is 23.7 Å². The van der Waals surface area contributed by atoms with Gasteiger partial charge < -0.3 is 36.7 Å². The Kier molecular flexibility index (Phi) is 11.3. The van der Waals surface area contributed by atoms with E-state index in [9.17, 15) is 19.2 Å². The smallest absolute Gasteiger partial charge is 0.337 e. The first-order valence-electron chi connectivity index (χ1n) is 16.5. The van der Waals surface area contributed by atoms with Crippen molar-refractivity contribution in [1.29, 1.82) is 0 Å². The van der Waals surface area contributed by atoms with Gasteiger partial charge in [-0.25, -0.2) is 4.79 Å². The number of anilines is 1. The van der Waals surface area contributed by atoms with Gasteiger partial charge in [0.05, 0.1) is 95.7 Å². The Hall–Kier alpha value is -6.98. The number of nitrogens with two attached hydrogens (primary N) is 3. The number of hydrogen-bond donors (Lipinski definition) is 4. The molecule has 1 fully saturated rings. The fourth-order valence-electron chi connectivity index (χ4n) is 5.78. The second-order valence-corrected chi connectivity index (χ2v) is 12.0. The van der Waals surface area contributed by atoms with E-state index in [1.807, 2.05) is 6.08 Å². The number of carbonyl (C=O) groups excluding carboxylic acids is 3. The summed E-state index contributed by atoms with van der Waals surface area (Å²) in [7, 11) is 0. The average Bonchev–Trinajstić information content (AvgIpc) is 3.20. The lowest BCUT2D eigenvalue weighted by Crippen LogP contribution is -2.36. The minimum absolute atomic E-state index is 0.00639. The predicted octanol–water partition coefficient (Wildman–Crippen LogP) is 2.52. The molecular formula is C37H34N10O7. The number of morpholine rings is 1. The van der Waals surface area contributed by atoms with Gasteiger partial charge in [-0.05, 0) is 30.2 Å². The highest BCUT2D eigenvalue weighted by atomic mass is 16.5. The molecule has 274 valence electrons. The number of carbonyl (C=O) groups is 4. The normalized spacial score (nSPS) is 13.9. The van der Waals surface area contributed by atoms with E-state index >= 15 is 0 Å². The number of rotatable bonds is 6. The number of nitrogens with zero attached hydrogens (tertiary/aromatic N) is 7. The van der Waals surface area contributed by atoms with Gasteiger partial charge in [0, 0.05) is 65.8 Å². The van der Waals surface area contributed by atoms with Gasteiger partial charge in [0.2, 0.25) is 17.7 Å². The van der Waals surface area contributed by atoms with Crippen LogP contribution in [0.4, 0.5) is 5.69 Å². The molecule has 0 aromatic carbocycles. The SMILES string of the molecule is NC(=O)c1cnc2cncc(C(=O)O)c2c1.NC(=O)c1cnc2cncc(C3=CCOCC3)c2c1.NC(=O)c1cnc2cncc(N3CCOCC3)c2c1. The van der Waals surface area contributed by atoms with E-state index in [0.29, 0.717) is 48.5 Å². The Bertz CT molecular complexity index is 2430. The van der Waals surface area contributed by atoms with Crippen LogP contribution in [0.15, 0.2) is 80.0 Å². The Morgan fingerprint density at radius 1 is 0.611 bits per heavy atom. The van der Waals surface area contributed by atoms with Gasteiger partial charge in [-0.1, -0.05) is 6.08 Å². The number of carboxylic acid groups (broad SMARTS) is 1. The Balaban J connectivity index is 0.000000139. The summed E-state index contributed by atoms with van der Waals surface area (Å²) in [6.45, 7) is 4.31. The topological polar surface area (TPSA) is 266 Å². The van der Waals surface area contributed by atoms with Crippen LogP contribution in [0, 0.1) is 0 Å². The summed E-state index contributed by atoms with van der Waals surface area (Å²) in [4.78, 5) is 71.1. The number of aromatic carboxylic acids is 1. The van der Waals surface area contributed by atoms with Gasteiger partial charge in [0.15, 0.2) is 0 Å². The van der Waals surface area contributed by atoms with Gasteiger partial charge in [0.25, 0.3) is 0 Å². The van der Waals surface area contributed by atoms with Crippen molar-refractivity contribution in [3.63, 3.8) is 0 Å². The monoisotopic (exact) mass is 730 g/mol. The molecule has 17 heteroatoms. The Labute approximate surface area is 306 Å². The zero-order chi connectivity index (χ0) is 38.2. The summed E-state index contributed by atoms with van der Waals surface area (Å²) in [5.74, 6) is -2.72. The van der Waals surface area contributed by atoms with Crippen LogP contribution >= 0.6 is 0 Å². The first-order valence-corrected chi connectivity index (χ1v) is 16.5. The maximum atomic E-state index is 11.3. The third-order valence-electron chi connectivity index (χ3n) is 8.55. The molecule has 0 saturated carbocycles. The third kappa shape index (κ3) is 8.38. The summed E-state index contributed by atoms with van der Waals surface area (Å²) < 4.78 is 10.7. The van der Waals surface area contributed by atoms with E-state index in [-0.39, 0.29) is 11.1 Å². The number of hydrogen-bond acceptors (Lipinski definition) is 13. The number of aromatic nitrogens is 6. The fourth-order valence-corrected chi connectivity index (χ4v) is 5.78. The highest BCUT2D eigenvalue weighted by Crippen LogP contribution is 2.28. The van der Waals surface area contributed by atoms with E-state index in [0.717, 1.165) is 52.6 Å². The molecule has 0 bridgehead atoms. The maximum absolute atomic E-state index is 11.3. The maximum Gasteiger partial charge on any atom is 0.337 e. The molecule has 3 amide bonds. The molecule has 0 atom stereocenters. The molecule has 17 nitrogen and oxygen atoms in total. The summed E-state index contributed by atoms with van der Waals surface area (Å²) in [6, 6.07) is 4.95. The van der Waals surface area contributed by atoms with Crippen molar-refractivity contribution in [2.75, 3.05) is 44.4 Å². The molecule has 8 heterocycles. The molecule has 2 aliphatic heterocycles. The molecule has 54 heavy (non-hydrogen) atoms.